The first kappa shape index (κ1) is 17.2. The number of nitrogens with zero attached hydrogens (tertiary/aromatic N) is 2. The van der Waals surface area contributed by atoms with E-state index in [4.69, 9.17) is 0 Å². The van der Waals surface area contributed by atoms with Crippen LogP contribution in [0.1, 0.15) is 52.9 Å². The van der Waals surface area contributed by atoms with Crippen LogP contribution < -0.4 is 5.32 Å². The third-order valence-corrected chi connectivity index (χ3v) is 7.13. The van der Waals surface area contributed by atoms with Crippen molar-refractivity contribution in [1.82, 2.24) is 13.9 Å². The molecule has 1 heterocycles. The number of hydrogen-bond donors (Lipinski definition) is 1. The molecule has 1 N–H and O–H groups in total. The van der Waals surface area contributed by atoms with Crippen LogP contribution in [0.15, 0.2) is 0 Å². The van der Waals surface area contributed by atoms with Crippen molar-refractivity contribution in [2.75, 3.05) is 20.1 Å². The summed E-state index contributed by atoms with van der Waals surface area (Å²) in [5.41, 5.74) is 0. The summed E-state index contributed by atoms with van der Waals surface area (Å²) in [6, 6.07) is 0.768. The Kier molecular flexibility index (Phi) is 5.68. The van der Waals surface area contributed by atoms with Crippen LogP contribution in [0.25, 0.3) is 0 Å². The summed E-state index contributed by atoms with van der Waals surface area (Å²) in [5.74, 6) is 0.317. The molecule has 0 amide bonds. The molecule has 0 spiro atoms. The van der Waals surface area contributed by atoms with Gasteiger partial charge in [0.25, 0.3) is 10.2 Å². The summed E-state index contributed by atoms with van der Waals surface area (Å²) in [4.78, 5) is 0. The van der Waals surface area contributed by atoms with E-state index in [2.05, 4.69) is 19.2 Å². The van der Waals surface area contributed by atoms with Crippen molar-refractivity contribution in [2.24, 2.45) is 5.92 Å². The lowest BCUT2D eigenvalue weighted by atomic mass is 10.1. The number of piperidine rings is 1. The monoisotopic (exact) mass is 317 g/mol. The van der Waals surface area contributed by atoms with Gasteiger partial charge in [0.2, 0.25) is 0 Å². The van der Waals surface area contributed by atoms with Crippen molar-refractivity contribution >= 4 is 10.2 Å². The second-order valence-electron chi connectivity index (χ2n) is 6.95. The van der Waals surface area contributed by atoms with Gasteiger partial charge in [-0.3, -0.25) is 0 Å². The first-order valence-electron chi connectivity index (χ1n) is 8.32. The molecule has 2 aliphatic rings. The van der Waals surface area contributed by atoms with Crippen LogP contribution in [-0.4, -0.2) is 55.3 Å². The fourth-order valence-corrected chi connectivity index (χ4v) is 4.78. The van der Waals surface area contributed by atoms with E-state index in [-0.39, 0.29) is 12.1 Å². The van der Waals surface area contributed by atoms with Gasteiger partial charge in [0.15, 0.2) is 0 Å². The summed E-state index contributed by atoms with van der Waals surface area (Å²) in [6.45, 7) is 7.59. The van der Waals surface area contributed by atoms with E-state index in [1.165, 1.54) is 12.8 Å². The maximum absolute atomic E-state index is 12.9. The molecule has 1 aliphatic heterocycles. The summed E-state index contributed by atoms with van der Waals surface area (Å²) in [6.07, 6.45) is 5.56. The Morgan fingerprint density at radius 3 is 2.43 bits per heavy atom. The van der Waals surface area contributed by atoms with Crippen molar-refractivity contribution in [3.8, 4) is 0 Å². The van der Waals surface area contributed by atoms with Crippen molar-refractivity contribution < 1.29 is 8.42 Å². The van der Waals surface area contributed by atoms with Crippen LogP contribution in [0.2, 0.25) is 0 Å². The Labute approximate surface area is 130 Å². The Hall–Kier alpha value is -0.170. The number of hydrogen-bond acceptors (Lipinski definition) is 3. The molecule has 0 aromatic carbocycles. The Bertz CT molecular complexity index is 434. The van der Waals surface area contributed by atoms with Crippen LogP contribution >= 0.6 is 0 Å². The molecule has 5 nitrogen and oxygen atoms in total. The van der Waals surface area contributed by atoms with Crippen LogP contribution in [0.4, 0.5) is 0 Å². The zero-order valence-corrected chi connectivity index (χ0v) is 14.7. The minimum Gasteiger partial charge on any atom is -0.312 e. The lowest BCUT2D eigenvalue weighted by molar-refractivity contribution is 0.214. The van der Waals surface area contributed by atoms with E-state index in [1.54, 1.807) is 15.7 Å². The summed E-state index contributed by atoms with van der Waals surface area (Å²) in [7, 11) is -1.63. The molecule has 6 heteroatoms. The van der Waals surface area contributed by atoms with E-state index < -0.39 is 10.2 Å². The van der Waals surface area contributed by atoms with Gasteiger partial charge in [0.05, 0.1) is 0 Å². The maximum atomic E-state index is 12.9. The highest BCUT2D eigenvalue weighted by molar-refractivity contribution is 7.86. The summed E-state index contributed by atoms with van der Waals surface area (Å²) in [5, 5.41) is 3.49. The van der Waals surface area contributed by atoms with Gasteiger partial charge in [-0.05, 0) is 38.5 Å². The topological polar surface area (TPSA) is 52.7 Å². The number of nitrogens with one attached hydrogen (secondary N) is 1. The molecule has 2 rings (SSSR count). The summed E-state index contributed by atoms with van der Waals surface area (Å²) >= 11 is 0. The fraction of sp³-hybridized carbons (Fsp3) is 1.00. The van der Waals surface area contributed by atoms with Gasteiger partial charge < -0.3 is 5.32 Å². The Morgan fingerprint density at radius 2 is 1.86 bits per heavy atom. The average Bonchev–Trinajstić information content (AvgIpc) is 3.27. The molecule has 2 unspecified atom stereocenters. The first-order valence-corrected chi connectivity index (χ1v) is 9.72. The highest BCUT2D eigenvalue weighted by Crippen LogP contribution is 2.25. The Balaban J connectivity index is 2.06. The van der Waals surface area contributed by atoms with Crippen molar-refractivity contribution in [3.63, 3.8) is 0 Å². The highest BCUT2D eigenvalue weighted by atomic mass is 32.2. The third kappa shape index (κ3) is 4.18. The van der Waals surface area contributed by atoms with Gasteiger partial charge in [-0.15, -0.1) is 0 Å². The molecular weight excluding hydrogens is 286 g/mol. The second-order valence-corrected chi connectivity index (χ2v) is 8.89. The van der Waals surface area contributed by atoms with Gasteiger partial charge in [0.1, 0.15) is 0 Å². The van der Waals surface area contributed by atoms with Crippen molar-refractivity contribution in [1.29, 1.82) is 0 Å². The lowest BCUT2D eigenvalue weighted by Crippen LogP contribution is -2.55. The normalized spacial score (nSPS) is 26.5. The van der Waals surface area contributed by atoms with Crippen LogP contribution in [0.5, 0.6) is 0 Å². The predicted octanol–water partition coefficient (Wildman–Crippen LogP) is 1.81. The van der Waals surface area contributed by atoms with Crippen molar-refractivity contribution in [2.45, 2.75) is 71.0 Å². The molecule has 1 aliphatic carbocycles. The highest BCUT2D eigenvalue weighted by Gasteiger charge is 2.37. The maximum Gasteiger partial charge on any atom is 0.282 e. The first-order chi connectivity index (χ1) is 9.84. The predicted molar refractivity (Wildman–Crippen MR) is 86.4 cm³/mol. The average molecular weight is 317 g/mol. The molecular formula is C15H31N3O2S. The van der Waals surface area contributed by atoms with Gasteiger partial charge in [-0.25, -0.2) is 0 Å². The van der Waals surface area contributed by atoms with E-state index in [9.17, 15) is 8.42 Å². The molecule has 0 bridgehead atoms. The van der Waals surface area contributed by atoms with Gasteiger partial charge in [0, 0.05) is 38.3 Å². The standard InChI is InChI=1S/C15H31N3O2S/c1-12(2)13(3)17(4)21(19,20)18-10-6-5-7-15(18)11-16-14-8-9-14/h12-16H,5-11H2,1-4H3. The quantitative estimate of drug-likeness (QED) is 0.779. The molecule has 21 heavy (non-hydrogen) atoms. The van der Waals surface area contributed by atoms with Crippen molar-refractivity contribution in [3.05, 3.63) is 0 Å². The minimum absolute atomic E-state index is 0.0222. The van der Waals surface area contributed by atoms with Gasteiger partial charge >= 0.3 is 0 Å². The molecule has 1 saturated heterocycles. The largest absolute Gasteiger partial charge is 0.312 e. The summed E-state index contributed by atoms with van der Waals surface area (Å²) < 4.78 is 29.2. The molecule has 124 valence electrons. The third-order valence-electron chi connectivity index (χ3n) is 4.99. The Morgan fingerprint density at radius 1 is 1.19 bits per heavy atom. The molecule has 2 fully saturated rings. The molecule has 0 aromatic heterocycles. The van der Waals surface area contributed by atoms with Gasteiger partial charge in [-0.2, -0.15) is 17.0 Å². The molecule has 2 atom stereocenters. The minimum atomic E-state index is -3.36. The van der Waals surface area contributed by atoms with Crippen LogP contribution in [-0.2, 0) is 10.2 Å². The van der Waals surface area contributed by atoms with E-state index >= 15 is 0 Å². The zero-order valence-electron chi connectivity index (χ0n) is 13.9. The molecule has 0 radical (unpaired) electrons. The number of rotatable bonds is 7. The second kappa shape index (κ2) is 6.94. The SMILES string of the molecule is CC(C)C(C)N(C)S(=O)(=O)N1CCCCC1CNC1CC1. The zero-order chi connectivity index (χ0) is 15.6. The van der Waals surface area contributed by atoms with Crippen LogP contribution in [0, 0.1) is 5.92 Å². The van der Waals surface area contributed by atoms with Crippen LogP contribution in [0.3, 0.4) is 0 Å². The lowest BCUT2D eigenvalue weighted by Gasteiger charge is -2.39. The van der Waals surface area contributed by atoms with E-state index in [0.29, 0.717) is 18.5 Å². The molecule has 0 aromatic rings. The van der Waals surface area contributed by atoms with Gasteiger partial charge in [-0.1, -0.05) is 20.3 Å². The fourth-order valence-electron chi connectivity index (χ4n) is 2.87. The molecule has 1 saturated carbocycles. The van der Waals surface area contributed by atoms with E-state index in [0.717, 1.165) is 25.8 Å². The van der Waals surface area contributed by atoms with E-state index in [1.807, 2.05) is 6.92 Å². The smallest absolute Gasteiger partial charge is 0.282 e.